The van der Waals surface area contributed by atoms with Gasteiger partial charge in [-0.15, -0.1) is 0 Å². The number of benzene rings is 1. The molecule has 0 bridgehead atoms. The number of nitrogens with two attached hydrogens (primary N) is 1. The fraction of sp³-hybridized carbons (Fsp3) is 0.267. The van der Waals surface area contributed by atoms with E-state index in [1.54, 1.807) is 0 Å². The van der Waals surface area contributed by atoms with Crippen LogP contribution in [0.2, 0.25) is 5.02 Å². The third kappa shape index (κ3) is 2.32. The molecule has 3 rings (SSSR count). The standard InChI is InChI=1S/C15H17ClN4/c1-19-7-5-18-15(19)4-6-20-10-11(9-17)13-3-2-12(16)8-14(13)20/h2-3,5,7-8,10H,4,6,9,17H2,1H3. The van der Waals surface area contributed by atoms with Crippen LogP contribution in [0.3, 0.4) is 0 Å². The van der Waals surface area contributed by atoms with Crippen molar-refractivity contribution in [1.82, 2.24) is 14.1 Å². The molecule has 0 aliphatic heterocycles. The molecule has 0 radical (unpaired) electrons. The second-order valence-corrected chi connectivity index (χ2v) is 5.35. The summed E-state index contributed by atoms with van der Waals surface area (Å²) in [6.07, 6.45) is 6.78. The molecule has 0 saturated heterocycles. The van der Waals surface area contributed by atoms with Gasteiger partial charge in [-0.1, -0.05) is 17.7 Å². The van der Waals surface area contributed by atoms with E-state index in [0.29, 0.717) is 6.54 Å². The summed E-state index contributed by atoms with van der Waals surface area (Å²) in [6, 6.07) is 5.94. The molecule has 2 N–H and O–H groups in total. The fourth-order valence-corrected chi connectivity index (χ4v) is 2.71. The van der Waals surface area contributed by atoms with E-state index in [0.717, 1.165) is 34.9 Å². The summed E-state index contributed by atoms with van der Waals surface area (Å²) in [5.74, 6) is 1.07. The monoisotopic (exact) mass is 288 g/mol. The van der Waals surface area contributed by atoms with Crippen molar-refractivity contribution in [3.05, 3.63) is 53.2 Å². The first-order chi connectivity index (χ1) is 9.69. The van der Waals surface area contributed by atoms with Crippen molar-refractivity contribution in [3.8, 4) is 0 Å². The summed E-state index contributed by atoms with van der Waals surface area (Å²) in [5, 5.41) is 1.93. The number of aromatic nitrogens is 3. The van der Waals surface area contributed by atoms with E-state index in [1.807, 2.05) is 42.2 Å². The van der Waals surface area contributed by atoms with Gasteiger partial charge in [0.15, 0.2) is 0 Å². The molecule has 4 nitrogen and oxygen atoms in total. The lowest BCUT2D eigenvalue weighted by Crippen LogP contribution is -2.05. The van der Waals surface area contributed by atoms with E-state index in [1.165, 1.54) is 5.39 Å². The predicted octanol–water partition coefficient (Wildman–Crippen LogP) is 2.73. The normalized spacial score (nSPS) is 11.3. The maximum atomic E-state index is 6.11. The first-order valence-electron chi connectivity index (χ1n) is 6.62. The largest absolute Gasteiger partial charge is 0.347 e. The Balaban J connectivity index is 1.94. The van der Waals surface area contributed by atoms with Gasteiger partial charge in [0.25, 0.3) is 0 Å². The molecular weight excluding hydrogens is 272 g/mol. The Morgan fingerprint density at radius 3 is 2.90 bits per heavy atom. The Morgan fingerprint density at radius 1 is 1.35 bits per heavy atom. The lowest BCUT2D eigenvalue weighted by molar-refractivity contribution is 0.666. The molecule has 2 aromatic heterocycles. The fourth-order valence-electron chi connectivity index (χ4n) is 2.55. The van der Waals surface area contributed by atoms with E-state index < -0.39 is 0 Å². The molecule has 0 fully saturated rings. The molecule has 0 saturated carbocycles. The molecule has 104 valence electrons. The summed E-state index contributed by atoms with van der Waals surface area (Å²) in [4.78, 5) is 4.35. The van der Waals surface area contributed by atoms with Crippen molar-refractivity contribution in [2.75, 3.05) is 0 Å². The number of imidazole rings is 1. The van der Waals surface area contributed by atoms with Gasteiger partial charge in [0.05, 0.1) is 0 Å². The molecule has 0 aliphatic carbocycles. The van der Waals surface area contributed by atoms with Crippen LogP contribution < -0.4 is 5.73 Å². The van der Waals surface area contributed by atoms with Crippen molar-refractivity contribution in [3.63, 3.8) is 0 Å². The summed E-state index contributed by atoms with van der Waals surface area (Å²) in [6.45, 7) is 1.40. The lowest BCUT2D eigenvalue weighted by Gasteiger charge is -2.06. The minimum atomic E-state index is 0.535. The van der Waals surface area contributed by atoms with Gasteiger partial charge >= 0.3 is 0 Å². The molecule has 20 heavy (non-hydrogen) atoms. The van der Waals surface area contributed by atoms with Crippen LogP contribution in [0, 0.1) is 0 Å². The SMILES string of the molecule is Cn1ccnc1CCn1cc(CN)c2ccc(Cl)cc21. The van der Waals surface area contributed by atoms with E-state index in [9.17, 15) is 0 Å². The minimum Gasteiger partial charge on any atom is -0.347 e. The zero-order chi connectivity index (χ0) is 14.1. The molecule has 3 aromatic rings. The van der Waals surface area contributed by atoms with Crippen LogP contribution in [0.15, 0.2) is 36.8 Å². The van der Waals surface area contributed by atoms with E-state index in [4.69, 9.17) is 17.3 Å². The Kier molecular flexibility index (Phi) is 3.51. The Labute approximate surface area is 122 Å². The first kappa shape index (κ1) is 13.2. The van der Waals surface area contributed by atoms with Crippen molar-refractivity contribution >= 4 is 22.5 Å². The van der Waals surface area contributed by atoms with Gasteiger partial charge < -0.3 is 14.9 Å². The lowest BCUT2D eigenvalue weighted by atomic mass is 10.2. The molecule has 5 heteroatoms. The van der Waals surface area contributed by atoms with Gasteiger partial charge in [-0.2, -0.15) is 0 Å². The van der Waals surface area contributed by atoms with Crippen molar-refractivity contribution in [2.24, 2.45) is 12.8 Å². The van der Waals surface area contributed by atoms with E-state index in [2.05, 4.69) is 15.7 Å². The van der Waals surface area contributed by atoms with Gasteiger partial charge in [0, 0.05) is 61.1 Å². The topological polar surface area (TPSA) is 48.8 Å². The highest BCUT2D eigenvalue weighted by molar-refractivity contribution is 6.31. The van der Waals surface area contributed by atoms with E-state index >= 15 is 0 Å². The minimum absolute atomic E-state index is 0.535. The van der Waals surface area contributed by atoms with Gasteiger partial charge in [0.1, 0.15) is 5.82 Å². The molecular formula is C15H17ClN4. The molecule has 0 atom stereocenters. The second-order valence-electron chi connectivity index (χ2n) is 4.92. The van der Waals surface area contributed by atoms with Crippen LogP contribution in [0.4, 0.5) is 0 Å². The van der Waals surface area contributed by atoms with Crippen molar-refractivity contribution in [2.45, 2.75) is 19.5 Å². The number of halogens is 1. The third-order valence-electron chi connectivity index (χ3n) is 3.64. The van der Waals surface area contributed by atoms with Gasteiger partial charge in [-0.3, -0.25) is 0 Å². The highest BCUT2D eigenvalue weighted by Gasteiger charge is 2.09. The first-order valence-corrected chi connectivity index (χ1v) is 7.00. The Bertz CT molecular complexity index is 741. The number of aryl methyl sites for hydroxylation is 3. The third-order valence-corrected chi connectivity index (χ3v) is 3.88. The van der Waals surface area contributed by atoms with Crippen LogP contribution in [0.1, 0.15) is 11.4 Å². The smallest absolute Gasteiger partial charge is 0.110 e. The number of fused-ring (bicyclic) bond motifs is 1. The highest BCUT2D eigenvalue weighted by Crippen LogP contribution is 2.24. The van der Waals surface area contributed by atoms with Crippen molar-refractivity contribution in [1.29, 1.82) is 0 Å². The van der Waals surface area contributed by atoms with Gasteiger partial charge in [-0.25, -0.2) is 4.98 Å². The van der Waals surface area contributed by atoms with Gasteiger partial charge in [0.2, 0.25) is 0 Å². The Hall–Kier alpha value is -1.78. The number of rotatable bonds is 4. The second kappa shape index (κ2) is 5.31. The zero-order valence-electron chi connectivity index (χ0n) is 11.4. The average Bonchev–Trinajstić information content (AvgIpc) is 3.00. The number of hydrogen-bond donors (Lipinski definition) is 1. The molecule has 0 spiro atoms. The molecule has 1 aromatic carbocycles. The van der Waals surface area contributed by atoms with Crippen molar-refractivity contribution < 1.29 is 0 Å². The molecule has 0 aliphatic rings. The molecule has 2 heterocycles. The molecule has 0 amide bonds. The maximum absolute atomic E-state index is 6.11. The van der Waals surface area contributed by atoms with E-state index in [-0.39, 0.29) is 0 Å². The highest BCUT2D eigenvalue weighted by atomic mass is 35.5. The summed E-state index contributed by atoms with van der Waals surface area (Å²) >= 11 is 6.11. The quantitative estimate of drug-likeness (QED) is 0.802. The predicted molar refractivity (Wildman–Crippen MR) is 81.8 cm³/mol. The summed E-state index contributed by atoms with van der Waals surface area (Å²) in [7, 11) is 2.01. The number of hydrogen-bond acceptors (Lipinski definition) is 2. The summed E-state index contributed by atoms with van der Waals surface area (Å²) in [5.41, 5.74) is 8.10. The van der Waals surface area contributed by atoms with Crippen LogP contribution in [0.25, 0.3) is 10.9 Å². The van der Waals surface area contributed by atoms with Crippen LogP contribution in [-0.2, 0) is 26.6 Å². The number of nitrogens with zero attached hydrogens (tertiary/aromatic N) is 3. The maximum Gasteiger partial charge on any atom is 0.110 e. The van der Waals surface area contributed by atoms with Crippen LogP contribution >= 0.6 is 11.6 Å². The zero-order valence-corrected chi connectivity index (χ0v) is 12.1. The Morgan fingerprint density at radius 2 is 2.20 bits per heavy atom. The van der Waals surface area contributed by atoms with Crippen LogP contribution in [-0.4, -0.2) is 14.1 Å². The van der Waals surface area contributed by atoms with Gasteiger partial charge in [-0.05, 0) is 17.7 Å². The average molecular weight is 289 g/mol. The van der Waals surface area contributed by atoms with Crippen LogP contribution in [0.5, 0.6) is 0 Å². The molecule has 0 unspecified atom stereocenters. The summed E-state index contributed by atoms with van der Waals surface area (Å²) < 4.78 is 4.25.